The van der Waals surface area contributed by atoms with Gasteiger partial charge in [-0.15, -0.1) is 0 Å². The molecule has 98 valence electrons. The zero-order chi connectivity index (χ0) is 13.7. The van der Waals surface area contributed by atoms with Gasteiger partial charge in [0, 0.05) is 18.8 Å². The van der Waals surface area contributed by atoms with E-state index in [1.165, 1.54) is 5.56 Å². The molecule has 0 radical (unpaired) electrons. The molecule has 0 amide bonds. The Labute approximate surface area is 121 Å². The zero-order valence-electron chi connectivity index (χ0n) is 10.2. The summed E-state index contributed by atoms with van der Waals surface area (Å²) < 4.78 is 0. The van der Waals surface area contributed by atoms with Crippen LogP contribution >= 0.6 is 22.9 Å². The van der Waals surface area contributed by atoms with Crippen LogP contribution in [0, 0.1) is 11.3 Å². The van der Waals surface area contributed by atoms with Crippen LogP contribution in [-0.2, 0) is 6.54 Å². The van der Waals surface area contributed by atoms with Gasteiger partial charge in [0.05, 0.1) is 17.2 Å². The first-order valence-electron chi connectivity index (χ1n) is 5.81. The Bertz CT molecular complexity index is 578. The second-order valence-electron chi connectivity index (χ2n) is 4.05. The number of benzene rings is 1. The molecule has 0 aliphatic rings. The molecular weight excluding hydrogens is 280 g/mol. The third-order valence-electron chi connectivity index (χ3n) is 2.76. The van der Waals surface area contributed by atoms with E-state index < -0.39 is 0 Å². The van der Waals surface area contributed by atoms with Crippen molar-refractivity contribution in [3.63, 3.8) is 0 Å². The third kappa shape index (κ3) is 3.48. The van der Waals surface area contributed by atoms with Crippen molar-refractivity contribution in [2.45, 2.75) is 6.54 Å². The zero-order valence-corrected chi connectivity index (χ0v) is 11.8. The molecule has 0 atom stereocenters. The highest BCUT2D eigenvalue weighted by molar-refractivity contribution is 7.07. The van der Waals surface area contributed by atoms with Gasteiger partial charge in [-0.25, -0.2) is 0 Å². The standard InChI is InChI=1S/C14H13ClN2OS/c15-14-7-13(2-1-12(14)8-16)17(4-5-18)9-11-3-6-19-10-11/h1-3,6-7,10,18H,4-5,9H2. The number of aliphatic hydroxyl groups is 1. The van der Waals surface area contributed by atoms with Gasteiger partial charge in [0.1, 0.15) is 6.07 Å². The van der Waals surface area contributed by atoms with Crippen LogP contribution in [-0.4, -0.2) is 18.3 Å². The first-order valence-corrected chi connectivity index (χ1v) is 7.13. The molecule has 1 N–H and O–H groups in total. The highest BCUT2D eigenvalue weighted by atomic mass is 35.5. The second kappa shape index (κ2) is 6.58. The summed E-state index contributed by atoms with van der Waals surface area (Å²) in [7, 11) is 0. The smallest absolute Gasteiger partial charge is 0.101 e. The van der Waals surface area contributed by atoms with Crippen molar-refractivity contribution in [3.8, 4) is 6.07 Å². The van der Waals surface area contributed by atoms with Crippen LogP contribution in [0.15, 0.2) is 35.0 Å². The molecule has 2 rings (SSSR count). The Morgan fingerprint density at radius 2 is 2.21 bits per heavy atom. The van der Waals surface area contributed by atoms with E-state index in [0.29, 0.717) is 23.7 Å². The Morgan fingerprint density at radius 3 is 2.79 bits per heavy atom. The lowest BCUT2D eigenvalue weighted by Crippen LogP contribution is -2.25. The maximum Gasteiger partial charge on any atom is 0.101 e. The predicted molar refractivity (Wildman–Crippen MR) is 78.6 cm³/mol. The van der Waals surface area contributed by atoms with Gasteiger partial charge < -0.3 is 10.0 Å². The van der Waals surface area contributed by atoms with E-state index >= 15 is 0 Å². The number of halogens is 1. The molecule has 0 aliphatic carbocycles. The quantitative estimate of drug-likeness (QED) is 0.920. The molecule has 1 aromatic heterocycles. The van der Waals surface area contributed by atoms with Crippen LogP contribution in [0.2, 0.25) is 5.02 Å². The monoisotopic (exact) mass is 292 g/mol. The van der Waals surface area contributed by atoms with Crippen LogP contribution < -0.4 is 4.90 Å². The van der Waals surface area contributed by atoms with Crippen molar-refractivity contribution in [3.05, 3.63) is 51.2 Å². The minimum atomic E-state index is 0.0712. The molecule has 0 saturated carbocycles. The second-order valence-corrected chi connectivity index (χ2v) is 5.24. The van der Waals surface area contributed by atoms with E-state index in [4.69, 9.17) is 16.9 Å². The SMILES string of the molecule is N#Cc1ccc(N(CCO)Cc2ccsc2)cc1Cl. The summed E-state index contributed by atoms with van der Waals surface area (Å²) in [5.74, 6) is 0. The maximum absolute atomic E-state index is 9.17. The lowest BCUT2D eigenvalue weighted by molar-refractivity contribution is 0.301. The van der Waals surface area contributed by atoms with Crippen LogP contribution in [0.25, 0.3) is 0 Å². The number of rotatable bonds is 5. The molecule has 3 nitrogen and oxygen atoms in total. The molecule has 0 unspecified atom stereocenters. The molecule has 1 heterocycles. The summed E-state index contributed by atoms with van der Waals surface area (Å²) in [5, 5.41) is 22.6. The van der Waals surface area contributed by atoms with Crippen LogP contribution in [0.1, 0.15) is 11.1 Å². The van der Waals surface area contributed by atoms with Crippen molar-refractivity contribution >= 4 is 28.6 Å². The van der Waals surface area contributed by atoms with Gasteiger partial charge in [0.25, 0.3) is 0 Å². The highest BCUT2D eigenvalue weighted by Gasteiger charge is 2.09. The van der Waals surface area contributed by atoms with Gasteiger partial charge in [-0.1, -0.05) is 11.6 Å². The first-order chi connectivity index (χ1) is 9.24. The molecule has 0 saturated heterocycles. The third-order valence-corrected chi connectivity index (χ3v) is 3.81. The summed E-state index contributed by atoms with van der Waals surface area (Å²) in [6.45, 7) is 1.31. The predicted octanol–water partition coefficient (Wildman–Crippen LogP) is 3.27. The van der Waals surface area contributed by atoms with Crippen molar-refractivity contribution in [2.75, 3.05) is 18.1 Å². The van der Waals surface area contributed by atoms with Crippen molar-refractivity contribution in [1.29, 1.82) is 5.26 Å². The lowest BCUT2D eigenvalue weighted by Gasteiger charge is -2.24. The highest BCUT2D eigenvalue weighted by Crippen LogP contribution is 2.24. The van der Waals surface area contributed by atoms with Gasteiger partial charge in [-0.05, 0) is 40.6 Å². The van der Waals surface area contributed by atoms with Crippen LogP contribution in [0.4, 0.5) is 5.69 Å². The Kier molecular flexibility index (Phi) is 4.80. The number of thiophene rings is 1. The van der Waals surface area contributed by atoms with Gasteiger partial charge in [-0.2, -0.15) is 16.6 Å². The number of anilines is 1. The minimum Gasteiger partial charge on any atom is -0.395 e. The van der Waals surface area contributed by atoms with Gasteiger partial charge >= 0.3 is 0 Å². The van der Waals surface area contributed by atoms with E-state index in [1.54, 1.807) is 23.5 Å². The van der Waals surface area contributed by atoms with Crippen molar-refractivity contribution < 1.29 is 5.11 Å². The lowest BCUT2D eigenvalue weighted by atomic mass is 10.2. The van der Waals surface area contributed by atoms with E-state index in [1.807, 2.05) is 22.4 Å². The van der Waals surface area contributed by atoms with E-state index in [-0.39, 0.29) is 6.61 Å². The van der Waals surface area contributed by atoms with Crippen LogP contribution in [0.5, 0.6) is 0 Å². The van der Waals surface area contributed by atoms with Crippen LogP contribution in [0.3, 0.4) is 0 Å². The molecule has 1 aromatic carbocycles. The summed E-state index contributed by atoms with van der Waals surface area (Å²) >= 11 is 7.69. The van der Waals surface area contributed by atoms with Gasteiger partial charge in [0.15, 0.2) is 0 Å². The topological polar surface area (TPSA) is 47.3 Å². The molecule has 19 heavy (non-hydrogen) atoms. The maximum atomic E-state index is 9.17. The Morgan fingerprint density at radius 1 is 1.37 bits per heavy atom. The molecule has 0 spiro atoms. The molecular formula is C14H13ClN2OS. The van der Waals surface area contributed by atoms with Crippen molar-refractivity contribution in [2.24, 2.45) is 0 Å². The number of hydrogen-bond donors (Lipinski definition) is 1. The van der Waals surface area contributed by atoms with E-state index in [0.717, 1.165) is 5.69 Å². The summed E-state index contributed by atoms with van der Waals surface area (Å²) in [6, 6.07) is 9.42. The average Bonchev–Trinajstić information content (AvgIpc) is 2.91. The number of nitriles is 1. The number of nitrogens with zero attached hydrogens (tertiary/aromatic N) is 2. The van der Waals surface area contributed by atoms with Gasteiger partial charge in [0.2, 0.25) is 0 Å². The summed E-state index contributed by atoms with van der Waals surface area (Å²) in [5.41, 5.74) is 2.56. The largest absolute Gasteiger partial charge is 0.395 e. The molecule has 0 bridgehead atoms. The fourth-order valence-electron chi connectivity index (χ4n) is 1.81. The number of hydrogen-bond acceptors (Lipinski definition) is 4. The fourth-order valence-corrected chi connectivity index (χ4v) is 2.69. The van der Waals surface area contributed by atoms with Crippen molar-refractivity contribution in [1.82, 2.24) is 0 Å². The molecule has 2 aromatic rings. The minimum absolute atomic E-state index is 0.0712. The Hall–Kier alpha value is -1.54. The number of aliphatic hydroxyl groups excluding tert-OH is 1. The normalized spacial score (nSPS) is 10.2. The fraction of sp³-hybridized carbons (Fsp3) is 0.214. The first kappa shape index (κ1) is 13.9. The molecule has 0 aliphatic heterocycles. The average molecular weight is 293 g/mol. The molecule has 5 heteroatoms. The van der Waals surface area contributed by atoms with E-state index in [9.17, 15) is 5.11 Å². The Balaban J connectivity index is 2.23. The molecule has 0 fully saturated rings. The summed E-state index contributed by atoms with van der Waals surface area (Å²) in [4.78, 5) is 2.04. The van der Waals surface area contributed by atoms with E-state index in [2.05, 4.69) is 11.4 Å². The van der Waals surface area contributed by atoms with Gasteiger partial charge in [-0.3, -0.25) is 0 Å². The summed E-state index contributed by atoms with van der Waals surface area (Å²) in [6.07, 6.45) is 0.